The number of allylic oxidation sites excluding steroid dienone is 5. The lowest BCUT2D eigenvalue weighted by Crippen LogP contribution is -2.39. The van der Waals surface area contributed by atoms with Crippen LogP contribution in [0.1, 0.15) is 12.0 Å². The van der Waals surface area contributed by atoms with Gasteiger partial charge in [0, 0.05) is 24.9 Å². The van der Waals surface area contributed by atoms with Gasteiger partial charge in [-0.3, -0.25) is 0 Å². The lowest BCUT2D eigenvalue weighted by atomic mass is 10.0. The molecule has 1 heterocycles. The Labute approximate surface area is 130 Å². The maximum absolute atomic E-state index is 12.8. The van der Waals surface area contributed by atoms with E-state index in [-0.39, 0.29) is 0 Å². The Hall–Kier alpha value is -1.98. The number of hydrogen-bond acceptors (Lipinski definition) is 4. The van der Waals surface area contributed by atoms with E-state index in [0.29, 0.717) is 12.3 Å². The third-order valence-electron chi connectivity index (χ3n) is 3.59. The number of pyridine rings is 1. The number of rotatable bonds is 6. The van der Waals surface area contributed by atoms with Gasteiger partial charge in [-0.2, -0.15) is 0 Å². The van der Waals surface area contributed by atoms with Crippen LogP contribution in [0.2, 0.25) is 0 Å². The molecule has 4 nitrogen and oxygen atoms in total. The van der Waals surface area contributed by atoms with Gasteiger partial charge in [-0.1, -0.05) is 24.3 Å². The van der Waals surface area contributed by atoms with Crippen LogP contribution in [0.25, 0.3) is 5.57 Å². The highest BCUT2D eigenvalue weighted by atomic mass is 19.1. The van der Waals surface area contributed by atoms with E-state index in [9.17, 15) is 4.39 Å². The Morgan fingerprint density at radius 1 is 1.32 bits per heavy atom. The van der Waals surface area contributed by atoms with Crippen LogP contribution in [0.4, 0.5) is 4.39 Å². The molecule has 22 heavy (non-hydrogen) atoms. The molecule has 0 spiro atoms. The highest BCUT2D eigenvalue weighted by Crippen LogP contribution is 2.24. The maximum Gasteiger partial charge on any atom is 0.212 e. The second-order valence-corrected chi connectivity index (χ2v) is 5.03. The first-order valence-electron chi connectivity index (χ1n) is 7.11. The first kappa shape index (κ1) is 16.4. The van der Waals surface area contributed by atoms with E-state index >= 15 is 0 Å². The van der Waals surface area contributed by atoms with E-state index < -0.39 is 18.8 Å². The zero-order valence-electron chi connectivity index (χ0n) is 12.8. The summed E-state index contributed by atoms with van der Waals surface area (Å²) < 4.78 is 23.2. The number of ether oxygens (including phenoxy) is 2. The highest BCUT2D eigenvalue weighted by molar-refractivity contribution is 5.75. The number of hydrogen-bond donors (Lipinski definition) is 1. The second-order valence-electron chi connectivity index (χ2n) is 5.03. The molecule has 1 aliphatic rings. The molecule has 1 aliphatic carbocycles. The summed E-state index contributed by atoms with van der Waals surface area (Å²) in [5.41, 5.74) is 8.74. The number of methoxy groups -OCH3 is 2. The molecule has 0 saturated carbocycles. The fourth-order valence-electron chi connectivity index (χ4n) is 2.40. The molecule has 5 heteroatoms. The van der Waals surface area contributed by atoms with Crippen molar-refractivity contribution in [1.82, 2.24) is 4.98 Å². The number of nitrogens with zero attached hydrogens (tertiary/aromatic N) is 1. The van der Waals surface area contributed by atoms with Crippen LogP contribution in [-0.2, 0) is 4.74 Å². The second kappa shape index (κ2) is 7.87. The third kappa shape index (κ3) is 3.81. The van der Waals surface area contributed by atoms with Crippen molar-refractivity contribution >= 4 is 5.57 Å². The summed E-state index contributed by atoms with van der Waals surface area (Å²) in [5.74, 6) is 0.576. The highest BCUT2D eigenvalue weighted by Gasteiger charge is 2.21. The van der Waals surface area contributed by atoms with Crippen LogP contribution in [-0.4, -0.2) is 38.0 Å². The van der Waals surface area contributed by atoms with Gasteiger partial charge in [0.15, 0.2) is 0 Å². The number of nitrogens with two attached hydrogens (primary N) is 1. The Morgan fingerprint density at radius 3 is 2.73 bits per heavy atom. The molecule has 2 unspecified atom stereocenters. The maximum atomic E-state index is 12.8. The van der Waals surface area contributed by atoms with E-state index in [4.69, 9.17) is 15.2 Å². The van der Waals surface area contributed by atoms with Crippen LogP contribution < -0.4 is 10.5 Å². The van der Waals surface area contributed by atoms with Crippen molar-refractivity contribution in [2.75, 3.05) is 20.9 Å². The number of aromatic nitrogens is 1. The Morgan fingerprint density at radius 2 is 2.14 bits per heavy atom. The molecule has 2 rings (SSSR count). The Kier molecular flexibility index (Phi) is 5.86. The predicted octanol–water partition coefficient (Wildman–Crippen LogP) is 2.67. The van der Waals surface area contributed by atoms with E-state index in [0.717, 1.165) is 16.7 Å². The molecule has 0 bridgehead atoms. The Bertz CT molecular complexity index is 579. The molecule has 1 aromatic heterocycles. The topological polar surface area (TPSA) is 57.4 Å². The van der Waals surface area contributed by atoms with Crippen molar-refractivity contribution in [2.24, 2.45) is 5.73 Å². The van der Waals surface area contributed by atoms with Gasteiger partial charge in [0.05, 0.1) is 19.3 Å². The van der Waals surface area contributed by atoms with Crippen LogP contribution in [0.3, 0.4) is 0 Å². The zero-order chi connectivity index (χ0) is 15.9. The molecular formula is C17H21FN2O2. The molecule has 0 aliphatic heterocycles. The van der Waals surface area contributed by atoms with Gasteiger partial charge in [-0.15, -0.1) is 0 Å². The van der Waals surface area contributed by atoms with Crippen molar-refractivity contribution in [3.8, 4) is 5.88 Å². The molecule has 0 radical (unpaired) electrons. The van der Waals surface area contributed by atoms with Crippen molar-refractivity contribution < 1.29 is 13.9 Å². The number of alkyl halides is 1. The molecule has 0 fully saturated rings. The molecule has 0 saturated heterocycles. The van der Waals surface area contributed by atoms with Gasteiger partial charge in [0.1, 0.15) is 6.67 Å². The van der Waals surface area contributed by atoms with E-state index in [1.165, 1.54) is 0 Å². The molecule has 2 N–H and O–H groups in total. The molecule has 118 valence electrons. The summed E-state index contributed by atoms with van der Waals surface area (Å²) in [6, 6.07) is 3.11. The van der Waals surface area contributed by atoms with Gasteiger partial charge in [0.2, 0.25) is 5.88 Å². The molecule has 0 aromatic carbocycles. The summed E-state index contributed by atoms with van der Waals surface area (Å²) in [6.45, 7) is -0.613. The van der Waals surface area contributed by atoms with Crippen LogP contribution >= 0.6 is 0 Å². The van der Waals surface area contributed by atoms with Gasteiger partial charge in [-0.05, 0) is 23.6 Å². The lowest BCUT2D eigenvalue weighted by molar-refractivity contribution is 0.0983. The largest absolute Gasteiger partial charge is 0.481 e. The lowest BCUT2D eigenvalue weighted by Gasteiger charge is -2.22. The van der Waals surface area contributed by atoms with E-state index in [2.05, 4.69) is 4.98 Å². The van der Waals surface area contributed by atoms with Crippen molar-refractivity contribution in [2.45, 2.75) is 18.6 Å². The predicted molar refractivity (Wildman–Crippen MR) is 85.4 cm³/mol. The monoisotopic (exact) mass is 304 g/mol. The minimum absolute atomic E-state index is 0.417. The van der Waals surface area contributed by atoms with Crippen LogP contribution in [0, 0.1) is 0 Å². The summed E-state index contributed by atoms with van der Waals surface area (Å²) in [7, 11) is 3.13. The van der Waals surface area contributed by atoms with Crippen LogP contribution in [0.15, 0.2) is 48.2 Å². The van der Waals surface area contributed by atoms with E-state index in [1.807, 2.05) is 36.4 Å². The fraction of sp³-hybridized carbons (Fsp3) is 0.353. The van der Waals surface area contributed by atoms with Crippen molar-refractivity contribution in [3.63, 3.8) is 0 Å². The quantitative estimate of drug-likeness (QED) is 0.878. The summed E-state index contributed by atoms with van der Waals surface area (Å²) in [4.78, 5) is 4.20. The first-order chi connectivity index (χ1) is 10.7. The van der Waals surface area contributed by atoms with Gasteiger partial charge in [0.25, 0.3) is 0 Å². The molecule has 2 atom stereocenters. The SMILES string of the molecule is COc1ccc(C2=CC=C(C(OC)C(N)CF)CC=C2)cn1. The minimum atomic E-state index is -0.651. The summed E-state index contributed by atoms with van der Waals surface area (Å²) >= 11 is 0. The summed E-state index contributed by atoms with van der Waals surface area (Å²) in [6.07, 6.45) is 9.97. The third-order valence-corrected chi connectivity index (χ3v) is 3.59. The van der Waals surface area contributed by atoms with Crippen LogP contribution in [0.5, 0.6) is 5.88 Å². The normalized spacial score (nSPS) is 17.3. The zero-order valence-corrected chi connectivity index (χ0v) is 12.8. The minimum Gasteiger partial charge on any atom is -0.481 e. The first-order valence-corrected chi connectivity index (χ1v) is 7.11. The number of halogens is 1. The Balaban J connectivity index is 2.24. The van der Waals surface area contributed by atoms with E-state index in [1.54, 1.807) is 20.4 Å². The van der Waals surface area contributed by atoms with Crippen molar-refractivity contribution in [1.29, 1.82) is 0 Å². The summed E-state index contributed by atoms with van der Waals surface area (Å²) in [5, 5.41) is 0. The average Bonchev–Trinajstić information content (AvgIpc) is 2.81. The standard InChI is InChI=1S/C17H21FN2O2/c1-21-16-9-8-14(11-20-16)12-4-3-5-13(7-6-12)17(22-2)15(19)10-18/h3-4,6-9,11,15,17H,5,10,19H2,1-2H3. The molecule has 0 amide bonds. The smallest absolute Gasteiger partial charge is 0.212 e. The van der Waals surface area contributed by atoms with Gasteiger partial charge < -0.3 is 15.2 Å². The molecule has 1 aromatic rings. The van der Waals surface area contributed by atoms with Crippen molar-refractivity contribution in [3.05, 3.63) is 53.8 Å². The van der Waals surface area contributed by atoms with Gasteiger partial charge >= 0.3 is 0 Å². The average molecular weight is 304 g/mol. The van der Waals surface area contributed by atoms with Gasteiger partial charge in [-0.25, -0.2) is 9.37 Å². The molecular weight excluding hydrogens is 283 g/mol. The fourth-order valence-corrected chi connectivity index (χ4v) is 2.40.